The van der Waals surface area contributed by atoms with Gasteiger partial charge in [-0.3, -0.25) is 9.78 Å². The summed E-state index contributed by atoms with van der Waals surface area (Å²) in [6, 6.07) is 2.47. The summed E-state index contributed by atoms with van der Waals surface area (Å²) in [6.07, 6.45) is 2.14. The molecule has 1 rings (SSSR count). The van der Waals surface area contributed by atoms with Gasteiger partial charge in [0.25, 0.3) is 0 Å². The molecule has 6 heteroatoms. The van der Waals surface area contributed by atoms with Crippen LogP contribution in [-0.4, -0.2) is 22.5 Å². The lowest BCUT2D eigenvalue weighted by molar-refractivity contribution is -0.266. The molecule has 3 nitrogen and oxygen atoms in total. The van der Waals surface area contributed by atoms with Crippen LogP contribution in [0.1, 0.15) is 116 Å². The van der Waals surface area contributed by atoms with Crippen LogP contribution >= 0.6 is 0 Å². The van der Waals surface area contributed by atoms with E-state index in [1.165, 1.54) is 44.5 Å². The summed E-state index contributed by atoms with van der Waals surface area (Å²) in [4.78, 5) is 15.5. The zero-order chi connectivity index (χ0) is 23.9. The number of rotatable bonds is 12. The van der Waals surface area contributed by atoms with Gasteiger partial charge in [0.05, 0.1) is 5.60 Å². The van der Waals surface area contributed by atoms with Crippen molar-refractivity contribution in [2.75, 3.05) is 0 Å². The number of halogens is 3. The highest BCUT2D eigenvalue weighted by Crippen LogP contribution is 2.46. The number of ether oxygens (including phenoxy) is 1. The second-order valence-electron chi connectivity index (χ2n) is 10.1. The number of unbranched alkanes of at least 4 members (excludes halogenated alkanes) is 5. The molecule has 2 atom stereocenters. The van der Waals surface area contributed by atoms with Gasteiger partial charge in [0, 0.05) is 13.1 Å². The minimum Gasteiger partial charge on any atom is -0.358 e. The number of Topliss-reactive ketones (excluding diaryl/α,β-unsaturated/α-hetero) is 1. The first-order valence-corrected chi connectivity index (χ1v) is 11.4. The summed E-state index contributed by atoms with van der Waals surface area (Å²) >= 11 is 0. The van der Waals surface area contributed by atoms with Crippen LogP contribution < -0.4 is 0 Å². The fourth-order valence-corrected chi connectivity index (χ4v) is 4.46. The van der Waals surface area contributed by atoms with E-state index in [9.17, 15) is 18.0 Å². The molecule has 0 saturated heterocycles. The number of carbonyl (C=O) groups is 1. The van der Waals surface area contributed by atoms with Crippen molar-refractivity contribution in [2.45, 2.75) is 111 Å². The average Bonchev–Trinajstić information content (AvgIpc) is 2.63. The van der Waals surface area contributed by atoms with Gasteiger partial charge in [0.15, 0.2) is 11.9 Å². The van der Waals surface area contributed by atoms with E-state index in [2.05, 4.69) is 32.7 Å². The Morgan fingerprint density at radius 2 is 1.61 bits per heavy atom. The molecule has 1 aromatic rings. The lowest BCUT2D eigenvalue weighted by Crippen LogP contribution is -2.45. The van der Waals surface area contributed by atoms with Crippen LogP contribution in [0.15, 0.2) is 18.3 Å². The molecule has 0 aromatic carbocycles. The highest BCUT2D eigenvalue weighted by atomic mass is 19.4. The highest BCUT2D eigenvalue weighted by Gasteiger charge is 2.48. The molecule has 1 heterocycles. The Morgan fingerprint density at radius 3 is 2.13 bits per heavy atom. The summed E-state index contributed by atoms with van der Waals surface area (Å²) in [7, 11) is 0. The van der Waals surface area contributed by atoms with Gasteiger partial charge in [0.1, 0.15) is 5.69 Å². The number of carbonyl (C=O) groups excluding carboxylic acids is 1. The van der Waals surface area contributed by atoms with E-state index in [1.807, 2.05) is 0 Å². The van der Waals surface area contributed by atoms with Gasteiger partial charge in [-0.15, -0.1) is 0 Å². The molecule has 0 aliphatic heterocycles. The fourth-order valence-electron chi connectivity index (χ4n) is 4.46. The third kappa shape index (κ3) is 8.91. The smallest absolute Gasteiger partial charge is 0.358 e. The van der Waals surface area contributed by atoms with E-state index in [-0.39, 0.29) is 28.4 Å². The molecule has 0 saturated carbocycles. The average molecular weight is 444 g/mol. The van der Waals surface area contributed by atoms with Crippen LogP contribution in [-0.2, 0) is 4.74 Å². The van der Waals surface area contributed by atoms with E-state index in [4.69, 9.17) is 4.74 Å². The Hall–Kier alpha value is -1.43. The van der Waals surface area contributed by atoms with E-state index >= 15 is 0 Å². The molecule has 0 radical (unpaired) electrons. The molecule has 178 valence electrons. The lowest BCUT2D eigenvalue weighted by atomic mass is 9.69. The predicted molar refractivity (Wildman–Crippen MR) is 119 cm³/mol. The third-order valence-corrected chi connectivity index (χ3v) is 5.90. The van der Waals surface area contributed by atoms with Crippen molar-refractivity contribution < 1.29 is 22.7 Å². The number of nitrogens with zero attached hydrogens (tertiary/aromatic N) is 1. The van der Waals surface area contributed by atoms with Crippen molar-refractivity contribution in [3.8, 4) is 0 Å². The molecule has 0 spiro atoms. The van der Waals surface area contributed by atoms with Gasteiger partial charge in [-0.25, -0.2) is 0 Å². The van der Waals surface area contributed by atoms with Crippen LogP contribution in [0.4, 0.5) is 13.2 Å². The number of alkyl halides is 3. The Bertz CT molecular complexity index is 693. The van der Waals surface area contributed by atoms with Crippen molar-refractivity contribution in [1.29, 1.82) is 0 Å². The van der Waals surface area contributed by atoms with Gasteiger partial charge in [0.2, 0.25) is 0 Å². The molecule has 31 heavy (non-hydrogen) atoms. The molecule has 0 amide bonds. The largest absolute Gasteiger partial charge is 0.418 e. The molecular formula is C25H40F3NO2. The van der Waals surface area contributed by atoms with Crippen LogP contribution in [0, 0.1) is 11.3 Å². The van der Waals surface area contributed by atoms with E-state index < -0.39 is 17.9 Å². The maximum absolute atomic E-state index is 14.0. The SMILES string of the molecule is CCCCCCCCC(C(C)(C)C)C(C)(C)OC(c1ccnc(C(C)=O)c1)C(F)(F)F. The van der Waals surface area contributed by atoms with Gasteiger partial charge < -0.3 is 4.74 Å². The fraction of sp³-hybridized carbons (Fsp3) is 0.760. The quantitative estimate of drug-likeness (QED) is 0.242. The molecule has 2 unspecified atom stereocenters. The van der Waals surface area contributed by atoms with Crippen LogP contribution in [0.5, 0.6) is 0 Å². The molecule has 0 aliphatic rings. The third-order valence-electron chi connectivity index (χ3n) is 5.90. The Morgan fingerprint density at radius 1 is 1.03 bits per heavy atom. The van der Waals surface area contributed by atoms with Crippen LogP contribution in [0.3, 0.4) is 0 Å². The standard InChI is InChI=1S/C25H40F3NO2/c1-8-9-10-11-12-13-14-21(23(3,4)5)24(6,7)31-22(25(26,27)28)19-15-16-29-20(17-19)18(2)30/h15-17,21-22H,8-14H2,1-7H3. The number of pyridine rings is 1. The number of aromatic nitrogens is 1. The number of hydrogen-bond acceptors (Lipinski definition) is 3. The maximum atomic E-state index is 14.0. The van der Waals surface area contributed by atoms with Crippen molar-refractivity contribution in [1.82, 2.24) is 4.98 Å². The Balaban J connectivity index is 3.08. The lowest BCUT2D eigenvalue weighted by Gasteiger charge is -2.45. The van der Waals surface area contributed by atoms with Crippen molar-refractivity contribution >= 4 is 5.78 Å². The molecule has 0 aliphatic carbocycles. The maximum Gasteiger partial charge on any atom is 0.418 e. The highest BCUT2D eigenvalue weighted by molar-refractivity contribution is 5.92. The van der Waals surface area contributed by atoms with E-state index in [0.29, 0.717) is 0 Å². The zero-order valence-corrected chi connectivity index (χ0v) is 20.2. The summed E-state index contributed by atoms with van der Waals surface area (Å²) < 4.78 is 47.9. The molecule has 0 bridgehead atoms. The topological polar surface area (TPSA) is 39.2 Å². The minimum absolute atomic E-state index is 0.00704. The summed E-state index contributed by atoms with van der Waals surface area (Å²) in [5, 5.41) is 0. The molecular weight excluding hydrogens is 403 g/mol. The minimum atomic E-state index is -4.60. The van der Waals surface area contributed by atoms with Gasteiger partial charge in [-0.2, -0.15) is 13.2 Å². The predicted octanol–water partition coefficient (Wildman–Crippen LogP) is 8.10. The number of ketones is 1. The normalized spacial score (nSPS) is 15.0. The summed E-state index contributed by atoms with van der Waals surface area (Å²) in [5.74, 6) is -0.442. The number of hydrogen-bond donors (Lipinski definition) is 0. The van der Waals surface area contributed by atoms with Gasteiger partial charge >= 0.3 is 6.18 Å². The van der Waals surface area contributed by atoms with Gasteiger partial charge in [-0.05, 0) is 49.3 Å². The van der Waals surface area contributed by atoms with E-state index in [0.717, 1.165) is 25.7 Å². The summed E-state index contributed by atoms with van der Waals surface area (Å²) in [6.45, 7) is 13.1. The van der Waals surface area contributed by atoms with Crippen molar-refractivity contribution in [3.05, 3.63) is 29.6 Å². The Kier molecular flexibility index (Phi) is 10.2. The van der Waals surface area contributed by atoms with Crippen LogP contribution in [0.2, 0.25) is 0 Å². The molecule has 0 fully saturated rings. The van der Waals surface area contributed by atoms with Crippen molar-refractivity contribution in [3.63, 3.8) is 0 Å². The van der Waals surface area contributed by atoms with Crippen molar-refractivity contribution in [2.24, 2.45) is 11.3 Å². The Labute approximate surface area is 186 Å². The first-order valence-electron chi connectivity index (χ1n) is 11.4. The monoisotopic (exact) mass is 443 g/mol. The summed E-state index contributed by atoms with van der Waals surface area (Å²) in [5.41, 5.74) is -1.31. The zero-order valence-electron chi connectivity index (χ0n) is 20.2. The molecule has 1 aromatic heterocycles. The second kappa shape index (κ2) is 11.4. The van der Waals surface area contributed by atoms with Gasteiger partial charge in [-0.1, -0.05) is 66.2 Å². The van der Waals surface area contributed by atoms with Crippen LogP contribution in [0.25, 0.3) is 0 Å². The first-order chi connectivity index (χ1) is 14.2. The van der Waals surface area contributed by atoms with E-state index in [1.54, 1.807) is 13.8 Å². The second-order valence-corrected chi connectivity index (χ2v) is 10.1. The molecule has 0 N–H and O–H groups in total. The first kappa shape index (κ1) is 27.6.